The second kappa shape index (κ2) is 13.0. The van der Waals surface area contributed by atoms with Gasteiger partial charge in [0.05, 0.1) is 23.8 Å². The number of fused-ring (bicyclic) bond motifs is 1. The van der Waals surface area contributed by atoms with E-state index in [4.69, 9.17) is 21.6 Å². The SMILES string of the molecule is CNC1CCC(N(Cc2cc(-c3ccc(C#N)cc3)ccc2OC)C(=O)c2sc3cccc(F)c3c2Cl)CC1.Cl. The summed E-state index contributed by atoms with van der Waals surface area (Å²) in [5, 5.41) is 13.0. The van der Waals surface area contributed by atoms with Crippen molar-refractivity contribution in [2.75, 3.05) is 14.2 Å². The molecule has 0 bridgehead atoms. The highest BCUT2D eigenvalue weighted by Gasteiger charge is 2.32. The van der Waals surface area contributed by atoms with Crippen LogP contribution in [0.4, 0.5) is 4.39 Å². The molecule has 9 heteroatoms. The van der Waals surface area contributed by atoms with E-state index in [0.29, 0.717) is 38.9 Å². The quantitative estimate of drug-likeness (QED) is 0.236. The van der Waals surface area contributed by atoms with Crippen molar-refractivity contribution >= 4 is 51.3 Å². The summed E-state index contributed by atoms with van der Waals surface area (Å²) in [7, 11) is 3.59. The lowest BCUT2D eigenvalue weighted by atomic mass is 9.89. The Balaban J connectivity index is 0.00000370. The monoisotopic (exact) mass is 597 g/mol. The van der Waals surface area contributed by atoms with Crippen LogP contribution in [0.5, 0.6) is 5.75 Å². The number of ether oxygens (including phenoxy) is 1. The summed E-state index contributed by atoms with van der Waals surface area (Å²) in [6.07, 6.45) is 3.63. The van der Waals surface area contributed by atoms with Crippen molar-refractivity contribution in [1.82, 2.24) is 10.2 Å². The summed E-state index contributed by atoms with van der Waals surface area (Å²) in [6, 6.07) is 20.7. The molecule has 0 spiro atoms. The summed E-state index contributed by atoms with van der Waals surface area (Å²) in [6.45, 7) is 0.327. The topological polar surface area (TPSA) is 65.4 Å². The van der Waals surface area contributed by atoms with Crippen molar-refractivity contribution < 1.29 is 13.9 Å². The number of nitrogens with one attached hydrogen (secondary N) is 1. The van der Waals surface area contributed by atoms with Gasteiger partial charge in [-0.1, -0.05) is 35.9 Å². The Kier molecular flexibility index (Phi) is 9.70. The second-order valence-electron chi connectivity index (χ2n) is 9.80. The molecule has 5 nitrogen and oxygen atoms in total. The van der Waals surface area contributed by atoms with E-state index in [0.717, 1.165) is 42.4 Å². The van der Waals surface area contributed by atoms with Gasteiger partial charge in [0.2, 0.25) is 0 Å². The lowest BCUT2D eigenvalue weighted by molar-refractivity contribution is 0.0604. The van der Waals surface area contributed by atoms with Crippen LogP contribution in [0.25, 0.3) is 21.2 Å². The fraction of sp³-hybridized carbons (Fsp3) is 0.290. The predicted octanol–water partition coefficient (Wildman–Crippen LogP) is 7.84. The van der Waals surface area contributed by atoms with Gasteiger partial charge in [0.25, 0.3) is 5.91 Å². The first-order valence-corrected chi connectivity index (χ1v) is 14.1. The first kappa shape index (κ1) is 29.8. The molecule has 208 valence electrons. The highest BCUT2D eigenvalue weighted by atomic mass is 35.5. The molecule has 1 N–H and O–H groups in total. The van der Waals surface area contributed by atoms with E-state index in [1.165, 1.54) is 17.4 Å². The van der Waals surface area contributed by atoms with Crippen LogP contribution < -0.4 is 10.1 Å². The van der Waals surface area contributed by atoms with E-state index in [-0.39, 0.29) is 29.4 Å². The number of amides is 1. The van der Waals surface area contributed by atoms with Crippen LogP contribution in [0.1, 0.15) is 46.5 Å². The number of nitrogens with zero attached hydrogens (tertiary/aromatic N) is 2. The average molecular weight is 599 g/mol. The number of carbonyl (C=O) groups excluding carboxylic acids is 1. The Labute approximate surface area is 248 Å². The van der Waals surface area contributed by atoms with Gasteiger partial charge in [-0.3, -0.25) is 4.79 Å². The molecule has 0 atom stereocenters. The van der Waals surface area contributed by atoms with E-state index >= 15 is 0 Å². The number of rotatable bonds is 7. The van der Waals surface area contributed by atoms with Crippen molar-refractivity contribution in [3.63, 3.8) is 0 Å². The van der Waals surface area contributed by atoms with Crippen LogP contribution in [0.15, 0.2) is 60.7 Å². The Morgan fingerprint density at radius 1 is 1.12 bits per heavy atom. The van der Waals surface area contributed by atoms with Gasteiger partial charge in [-0.05, 0) is 80.3 Å². The molecule has 4 aromatic rings. The van der Waals surface area contributed by atoms with Gasteiger partial charge in [0.1, 0.15) is 16.4 Å². The summed E-state index contributed by atoms with van der Waals surface area (Å²) in [5.41, 5.74) is 3.39. The standard InChI is InChI=1S/C31H29ClFN3O2S.ClH/c1-35-23-11-13-24(14-12-23)36(31(37)30-29(32)28-25(33)4-3-5-27(28)39-30)18-22-16-21(10-15-26(22)38-2)20-8-6-19(17-34)7-9-20;/h3-10,15-16,23-24,35H,11-14,18H2,1-2H3;1H. The van der Waals surface area contributed by atoms with Crippen molar-refractivity contribution in [1.29, 1.82) is 5.26 Å². The first-order chi connectivity index (χ1) is 18.9. The van der Waals surface area contributed by atoms with Crippen LogP contribution in [0, 0.1) is 17.1 Å². The fourth-order valence-electron chi connectivity index (χ4n) is 5.38. The van der Waals surface area contributed by atoms with E-state index < -0.39 is 5.82 Å². The Bertz CT molecular complexity index is 1540. The lowest BCUT2D eigenvalue weighted by Gasteiger charge is -2.37. The molecular formula is C31H30Cl2FN3O2S. The zero-order chi connectivity index (χ0) is 27.5. The molecule has 1 heterocycles. The van der Waals surface area contributed by atoms with Gasteiger partial charge in [-0.25, -0.2) is 4.39 Å². The summed E-state index contributed by atoms with van der Waals surface area (Å²) < 4.78 is 21.0. The molecule has 5 rings (SSSR count). The maximum Gasteiger partial charge on any atom is 0.266 e. The van der Waals surface area contributed by atoms with Crippen LogP contribution in [-0.2, 0) is 6.54 Å². The van der Waals surface area contributed by atoms with Gasteiger partial charge in [0, 0.05) is 34.3 Å². The summed E-state index contributed by atoms with van der Waals surface area (Å²) in [4.78, 5) is 16.4. The number of hydrogen-bond donors (Lipinski definition) is 1. The zero-order valence-corrected chi connectivity index (χ0v) is 24.6. The van der Waals surface area contributed by atoms with Gasteiger partial charge < -0.3 is 15.0 Å². The Hall–Kier alpha value is -3.15. The second-order valence-corrected chi connectivity index (χ2v) is 11.2. The van der Waals surface area contributed by atoms with E-state index in [1.807, 2.05) is 42.3 Å². The number of thiophene rings is 1. The molecule has 1 aliphatic carbocycles. The van der Waals surface area contributed by atoms with E-state index in [2.05, 4.69) is 11.4 Å². The van der Waals surface area contributed by atoms with Crippen molar-refractivity contribution in [3.05, 3.63) is 87.5 Å². The van der Waals surface area contributed by atoms with Gasteiger partial charge in [-0.15, -0.1) is 23.7 Å². The van der Waals surface area contributed by atoms with Crippen LogP contribution >= 0.6 is 35.3 Å². The molecule has 0 radical (unpaired) electrons. The van der Waals surface area contributed by atoms with Gasteiger partial charge in [-0.2, -0.15) is 5.26 Å². The van der Waals surface area contributed by atoms with Crippen molar-refractivity contribution in [2.24, 2.45) is 0 Å². The van der Waals surface area contributed by atoms with Crippen LogP contribution in [0.2, 0.25) is 5.02 Å². The lowest BCUT2D eigenvalue weighted by Crippen LogP contribution is -2.44. The van der Waals surface area contributed by atoms with Crippen molar-refractivity contribution in [2.45, 2.75) is 44.3 Å². The minimum Gasteiger partial charge on any atom is -0.496 e. The largest absolute Gasteiger partial charge is 0.496 e. The Morgan fingerprint density at radius 2 is 1.82 bits per heavy atom. The maximum absolute atomic E-state index is 14.6. The fourth-order valence-corrected chi connectivity index (χ4v) is 6.89. The average Bonchev–Trinajstić information content (AvgIpc) is 3.32. The van der Waals surface area contributed by atoms with Crippen molar-refractivity contribution in [3.8, 4) is 22.9 Å². The summed E-state index contributed by atoms with van der Waals surface area (Å²) in [5.74, 6) is 0.0626. The number of methoxy groups -OCH3 is 1. The molecule has 1 aliphatic rings. The first-order valence-electron chi connectivity index (χ1n) is 13.0. The number of nitriles is 1. The summed E-state index contributed by atoms with van der Waals surface area (Å²) >= 11 is 7.88. The number of hydrogen-bond acceptors (Lipinski definition) is 5. The molecule has 40 heavy (non-hydrogen) atoms. The molecular weight excluding hydrogens is 568 g/mol. The zero-order valence-electron chi connectivity index (χ0n) is 22.2. The Morgan fingerprint density at radius 3 is 2.45 bits per heavy atom. The van der Waals surface area contributed by atoms with Gasteiger partial charge >= 0.3 is 0 Å². The van der Waals surface area contributed by atoms with E-state index in [9.17, 15) is 9.18 Å². The predicted molar refractivity (Wildman–Crippen MR) is 162 cm³/mol. The molecule has 0 saturated heterocycles. The molecule has 1 fully saturated rings. The van der Waals surface area contributed by atoms with Crippen LogP contribution in [-0.4, -0.2) is 37.0 Å². The molecule has 0 aliphatic heterocycles. The highest BCUT2D eigenvalue weighted by Crippen LogP contribution is 2.39. The maximum atomic E-state index is 14.6. The normalized spacial score (nSPS) is 16.7. The molecule has 1 saturated carbocycles. The third kappa shape index (κ3) is 5.96. The minimum absolute atomic E-state index is 0. The number of halogens is 3. The number of carbonyl (C=O) groups is 1. The minimum atomic E-state index is -0.425. The highest BCUT2D eigenvalue weighted by molar-refractivity contribution is 7.21. The number of benzene rings is 3. The molecule has 1 amide bonds. The van der Waals surface area contributed by atoms with Crippen LogP contribution in [0.3, 0.4) is 0 Å². The molecule has 0 unspecified atom stereocenters. The van der Waals surface area contributed by atoms with E-state index in [1.54, 1.807) is 31.4 Å². The van der Waals surface area contributed by atoms with Gasteiger partial charge in [0.15, 0.2) is 0 Å². The molecule has 1 aromatic heterocycles. The third-order valence-electron chi connectivity index (χ3n) is 7.58. The molecule has 3 aromatic carbocycles. The smallest absolute Gasteiger partial charge is 0.266 e. The third-order valence-corrected chi connectivity index (χ3v) is 9.21.